The zero-order chi connectivity index (χ0) is 14.3. The molecule has 1 aliphatic carbocycles. The van der Waals surface area contributed by atoms with Gasteiger partial charge < -0.3 is 0 Å². The number of rotatable bonds is 3. The van der Waals surface area contributed by atoms with Crippen LogP contribution in [-0.2, 0) is 6.54 Å². The molecular formula is C17H18N4. The Balaban J connectivity index is 1.64. The van der Waals surface area contributed by atoms with Crippen molar-refractivity contribution in [3.8, 4) is 11.3 Å². The summed E-state index contributed by atoms with van der Waals surface area (Å²) < 4.78 is 1.99. The largest absolute Gasteiger partial charge is 0.264 e. The van der Waals surface area contributed by atoms with Crippen molar-refractivity contribution in [3.05, 3.63) is 42.9 Å². The maximum atomic E-state index is 4.33. The van der Waals surface area contributed by atoms with Crippen molar-refractivity contribution in [1.82, 2.24) is 20.0 Å². The third-order valence-electron chi connectivity index (χ3n) is 4.58. The summed E-state index contributed by atoms with van der Waals surface area (Å²) >= 11 is 0. The van der Waals surface area contributed by atoms with Crippen LogP contribution in [0.4, 0.5) is 0 Å². The third kappa shape index (κ3) is 2.31. The van der Waals surface area contributed by atoms with Crippen molar-refractivity contribution in [2.24, 2.45) is 5.41 Å². The molecule has 4 nitrogen and oxygen atoms in total. The minimum absolute atomic E-state index is 0.417. The molecule has 1 saturated carbocycles. The van der Waals surface area contributed by atoms with Gasteiger partial charge in [0.2, 0.25) is 0 Å². The van der Waals surface area contributed by atoms with E-state index >= 15 is 0 Å². The lowest BCUT2D eigenvalue weighted by Crippen LogP contribution is -2.30. The molecule has 0 atom stereocenters. The lowest BCUT2D eigenvalue weighted by atomic mass is 9.70. The number of benzene rings is 1. The van der Waals surface area contributed by atoms with E-state index in [4.69, 9.17) is 0 Å². The van der Waals surface area contributed by atoms with Crippen molar-refractivity contribution in [2.45, 2.75) is 32.7 Å². The summed E-state index contributed by atoms with van der Waals surface area (Å²) in [7, 11) is 0. The number of nitrogens with zero attached hydrogens (tertiary/aromatic N) is 4. The van der Waals surface area contributed by atoms with E-state index in [0.29, 0.717) is 5.41 Å². The molecule has 4 heteroatoms. The first-order chi connectivity index (χ1) is 10.2. The van der Waals surface area contributed by atoms with Gasteiger partial charge in [-0.25, -0.2) is 0 Å². The molecule has 2 aromatic heterocycles. The zero-order valence-corrected chi connectivity index (χ0v) is 12.2. The maximum Gasteiger partial charge on any atom is 0.113 e. The van der Waals surface area contributed by atoms with Gasteiger partial charge in [-0.1, -0.05) is 30.7 Å². The molecule has 2 heterocycles. The van der Waals surface area contributed by atoms with Crippen LogP contribution < -0.4 is 0 Å². The Morgan fingerprint density at radius 3 is 2.90 bits per heavy atom. The van der Waals surface area contributed by atoms with Gasteiger partial charge >= 0.3 is 0 Å². The number of pyridine rings is 1. The van der Waals surface area contributed by atoms with Crippen LogP contribution in [-0.4, -0.2) is 20.0 Å². The standard InChI is InChI=1S/C17H18N4/c1-17(6-2-7-17)12-21-11-16(19-20-21)14-3-4-15-10-18-8-5-13(15)9-14/h3-5,8-11H,2,6-7,12H2,1H3. The van der Waals surface area contributed by atoms with Crippen LogP contribution >= 0.6 is 0 Å². The van der Waals surface area contributed by atoms with Crippen LogP contribution in [0.15, 0.2) is 42.9 Å². The fraction of sp³-hybridized carbons (Fsp3) is 0.353. The minimum Gasteiger partial charge on any atom is -0.264 e. The Morgan fingerprint density at radius 1 is 1.19 bits per heavy atom. The predicted molar refractivity (Wildman–Crippen MR) is 82.7 cm³/mol. The SMILES string of the molecule is CC1(Cn2cc(-c3ccc4cnccc4c3)nn2)CCC1. The Morgan fingerprint density at radius 2 is 2.10 bits per heavy atom. The minimum atomic E-state index is 0.417. The highest BCUT2D eigenvalue weighted by Gasteiger charge is 2.32. The Hall–Kier alpha value is -2.23. The van der Waals surface area contributed by atoms with E-state index in [-0.39, 0.29) is 0 Å². The topological polar surface area (TPSA) is 43.6 Å². The Labute approximate surface area is 123 Å². The van der Waals surface area contributed by atoms with E-state index < -0.39 is 0 Å². The quantitative estimate of drug-likeness (QED) is 0.734. The highest BCUT2D eigenvalue weighted by molar-refractivity contribution is 5.85. The number of hydrogen-bond acceptors (Lipinski definition) is 3. The molecule has 1 aliphatic rings. The third-order valence-corrected chi connectivity index (χ3v) is 4.58. The molecule has 0 spiro atoms. The van der Waals surface area contributed by atoms with Gasteiger partial charge in [-0.3, -0.25) is 9.67 Å². The van der Waals surface area contributed by atoms with Crippen molar-refractivity contribution in [1.29, 1.82) is 0 Å². The second kappa shape index (κ2) is 4.65. The van der Waals surface area contributed by atoms with Crippen LogP contribution in [0.2, 0.25) is 0 Å². The summed E-state index contributed by atoms with van der Waals surface area (Å²) in [5, 5.41) is 11.0. The highest BCUT2D eigenvalue weighted by atomic mass is 15.4. The maximum absolute atomic E-state index is 4.33. The second-order valence-electron chi connectivity index (χ2n) is 6.40. The van der Waals surface area contributed by atoms with Gasteiger partial charge in [0.1, 0.15) is 5.69 Å². The number of aromatic nitrogens is 4. The monoisotopic (exact) mass is 278 g/mol. The van der Waals surface area contributed by atoms with E-state index in [1.165, 1.54) is 24.6 Å². The summed E-state index contributed by atoms with van der Waals surface area (Å²) in [5.74, 6) is 0. The van der Waals surface area contributed by atoms with Gasteiger partial charge in [0.25, 0.3) is 0 Å². The first-order valence-corrected chi connectivity index (χ1v) is 7.46. The molecular weight excluding hydrogens is 260 g/mol. The van der Waals surface area contributed by atoms with Crippen molar-refractivity contribution >= 4 is 10.8 Å². The zero-order valence-electron chi connectivity index (χ0n) is 12.2. The fourth-order valence-corrected chi connectivity index (χ4v) is 3.08. The normalized spacial score (nSPS) is 16.8. The molecule has 0 radical (unpaired) electrons. The van der Waals surface area contributed by atoms with Gasteiger partial charge in [-0.15, -0.1) is 5.10 Å². The molecule has 21 heavy (non-hydrogen) atoms. The first kappa shape index (κ1) is 12.5. The van der Waals surface area contributed by atoms with Gasteiger partial charge in [-0.05, 0) is 35.8 Å². The van der Waals surface area contributed by atoms with E-state index in [0.717, 1.165) is 23.2 Å². The average molecular weight is 278 g/mol. The number of fused-ring (bicyclic) bond motifs is 1. The van der Waals surface area contributed by atoms with Crippen molar-refractivity contribution in [3.63, 3.8) is 0 Å². The van der Waals surface area contributed by atoms with Gasteiger partial charge in [0.05, 0.1) is 6.20 Å². The summed E-state index contributed by atoms with van der Waals surface area (Å²) in [5.41, 5.74) is 2.47. The van der Waals surface area contributed by atoms with Crippen LogP contribution in [0.25, 0.3) is 22.0 Å². The van der Waals surface area contributed by atoms with E-state index in [2.05, 4.69) is 46.6 Å². The van der Waals surface area contributed by atoms with Gasteiger partial charge in [0, 0.05) is 29.9 Å². The van der Waals surface area contributed by atoms with Gasteiger partial charge in [0.15, 0.2) is 0 Å². The van der Waals surface area contributed by atoms with Crippen LogP contribution in [0.1, 0.15) is 26.2 Å². The highest BCUT2D eigenvalue weighted by Crippen LogP contribution is 2.41. The summed E-state index contributed by atoms with van der Waals surface area (Å²) in [4.78, 5) is 4.14. The molecule has 0 amide bonds. The van der Waals surface area contributed by atoms with Crippen molar-refractivity contribution in [2.75, 3.05) is 0 Å². The molecule has 4 rings (SSSR count). The van der Waals surface area contributed by atoms with Crippen LogP contribution in [0, 0.1) is 5.41 Å². The molecule has 106 valence electrons. The number of hydrogen-bond donors (Lipinski definition) is 0. The summed E-state index contributed by atoms with van der Waals surface area (Å²) in [6.45, 7) is 3.30. The van der Waals surface area contributed by atoms with E-state index in [1.807, 2.05) is 23.1 Å². The second-order valence-corrected chi connectivity index (χ2v) is 6.40. The molecule has 0 bridgehead atoms. The predicted octanol–water partition coefficient (Wildman–Crippen LogP) is 3.68. The molecule has 1 fully saturated rings. The van der Waals surface area contributed by atoms with E-state index in [9.17, 15) is 0 Å². The summed E-state index contributed by atoms with van der Waals surface area (Å²) in [6, 6.07) is 8.35. The smallest absolute Gasteiger partial charge is 0.113 e. The lowest BCUT2D eigenvalue weighted by molar-refractivity contribution is 0.125. The first-order valence-electron chi connectivity index (χ1n) is 7.46. The Bertz CT molecular complexity index is 786. The Kier molecular flexibility index (Phi) is 2.77. The molecule has 0 unspecified atom stereocenters. The summed E-state index contributed by atoms with van der Waals surface area (Å²) in [6.07, 6.45) is 9.70. The lowest BCUT2D eigenvalue weighted by Gasteiger charge is -2.37. The average Bonchev–Trinajstić information content (AvgIpc) is 2.93. The molecule has 0 aliphatic heterocycles. The van der Waals surface area contributed by atoms with Crippen LogP contribution in [0.5, 0.6) is 0 Å². The molecule has 3 aromatic rings. The fourth-order valence-electron chi connectivity index (χ4n) is 3.08. The van der Waals surface area contributed by atoms with Gasteiger partial charge in [-0.2, -0.15) is 0 Å². The molecule has 0 saturated heterocycles. The molecule has 0 N–H and O–H groups in total. The van der Waals surface area contributed by atoms with Crippen LogP contribution in [0.3, 0.4) is 0 Å². The van der Waals surface area contributed by atoms with Crippen molar-refractivity contribution < 1.29 is 0 Å². The van der Waals surface area contributed by atoms with E-state index in [1.54, 1.807) is 0 Å². The molecule has 1 aromatic carbocycles.